The van der Waals surface area contributed by atoms with Crippen LogP contribution in [0.25, 0.3) is 0 Å². The fourth-order valence-electron chi connectivity index (χ4n) is 3.25. The standard InChI is InChI=1S/C10H12O2.C10H12O.C2H6/c1-6-7(2)12-9-5-3-4-8(11)10(6)9;1-8-6-9-4-2-3-5-10(9)11-7-8;1-2/h3-5H2,1-2H3;2-5,8H,6-7H2,1H3;1-2H3. The zero-order chi connectivity index (χ0) is 18.4. The second kappa shape index (κ2) is 8.89. The number of benzene rings is 1. The summed E-state index contributed by atoms with van der Waals surface area (Å²) in [4.78, 5) is 11.5. The molecule has 1 atom stereocenters. The lowest BCUT2D eigenvalue weighted by atomic mass is 9.94. The van der Waals surface area contributed by atoms with E-state index in [1.807, 2.05) is 39.8 Å². The molecule has 136 valence electrons. The van der Waals surface area contributed by atoms with E-state index in [4.69, 9.17) is 9.15 Å². The van der Waals surface area contributed by atoms with Gasteiger partial charge < -0.3 is 9.15 Å². The highest BCUT2D eigenvalue weighted by atomic mass is 16.5. The summed E-state index contributed by atoms with van der Waals surface area (Å²) in [5.41, 5.74) is 3.25. The molecule has 0 saturated carbocycles. The average Bonchev–Trinajstić information content (AvgIpc) is 2.92. The molecule has 2 aromatic rings. The molecule has 0 radical (unpaired) electrons. The highest BCUT2D eigenvalue weighted by Gasteiger charge is 2.24. The number of hydrogen-bond donors (Lipinski definition) is 0. The molecule has 1 aliphatic heterocycles. The maximum Gasteiger partial charge on any atom is 0.166 e. The summed E-state index contributed by atoms with van der Waals surface area (Å²) in [6.45, 7) is 11.0. The number of aryl methyl sites for hydroxylation is 2. The van der Waals surface area contributed by atoms with Crippen LogP contribution in [0.4, 0.5) is 0 Å². The van der Waals surface area contributed by atoms with Gasteiger partial charge in [-0.3, -0.25) is 4.79 Å². The second-order valence-electron chi connectivity index (χ2n) is 6.59. The number of Topliss-reactive ketones (excluding diaryl/α,β-unsaturated/α-hetero) is 1. The average molecular weight is 342 g/mol. The van der Waals surface area contributed by atoms with Gasteiger partial charge in [-0.1, -0.05) is 39.0 Å². The van der Waals surface area contributed by atoms with Crippen LogP contribution < -0.4 is 4.74 Å². The number of carbonyl (C=O) groups is 1. The SMILES string of the molecule is CC.CC1COc2ccccc2C1.Cc1oc2c(c1C)C(=O)CCC2. The molecule has 1 unspecified atom stereocenters. The molecule has 2 heterocycles. The van der Waals surface area contributed by atoms with E-state index in [0.717, 1.165) is 54.3 Å². The van der Waals surface area contributed by atoms with Gasteiger partial charge in [0.05, 0.1) is 12.2 Å². The Labute approximate surface area is 151 Å². The molecule has 1 aromatic carbocycles. The Morgan fingerprint density at radius 1 is 1.08 bits per heavy atom. The van der Waals surface area contributed by atoms with E-state index in [2.05, 4.69) is 19.1 Å². The van der Waals surface area contributed by atoms with Crippen molar-refractivity contribution in [3.05, 3.63) is 52.5 Å². The Morgan fingerprint density at radius 3 is 2.52 bits per heavy atom. The predicted molar refractivity (Wildman–Crippen MR) is 102 cm³/mol. The lowest BCUT2D eigenvalue weighted by Gasteiger charge is -2.21. The quantitative estimate of drug-likeness (QED) is 0.616. The lowest BCUT2D eigenvalue weighted by molar-refractivity contribution is 0.0969. The molecule has 4 rings (SSSR count). The number of ketones is 1. The minimum atomic E-state index is 0.255. The monoisotopic (exact) mass is 342 g/mol. The minimum Gasteiger partial charge on any atom is -0.493 e. The Morgan fingerprint density at radius 2 is 1.80 bits per heavy atom. The molecular formula is C22H30O3. The van der Waals surface area contributed by atoms with Crippen molar-refractivity contribution in [2.24, 2.45) is 5.92 Å². The normalized spacial score (nSPS) is 17.8. The topological polar surface area (TPSA) is 39.4 Å². The summed E-state index contributed by atoms with van der Waals surface area (Å²) in [6.07, 6.45) is 3.72. The first-order valence-corrected chi connectivity index (χ1v) is 9.39. The zero-order valence-corrected chi connectivity index (χ0v) is 16.1. The Kier molecular flexibility index (Phi) is 6.86. The maximum atomic E-state index is 11.5. The van der Waals surface area contributed by atoms with Gasteiger partial charge in [0.25, 0.3) is 0 Å². The van der Waals surface area contributed by atoms with Gasteiger partial charge in [-0.25, -0.2) is 0 Å². The molecule has 0 amide bonds. The Balaban J connectivity index is 0.000000165. The summed E-state index contributed by atoms with van der Waals surface area (Å²) in [7, 11) is 0. The molecule has 0 bridgehead atoms. The van der Waals surface area contributed by atoms with Crippen LogP contribution in [0.5, 0.6) is 5.75 Å². The number of rotatable bonds is 0. The first-order valence-electron chi connectivity index (χ1n) is 9.39. The van der Waals surface area contributed by atoms with Gasteiger partial charge in [-0.05, 0) is 44.2 Å². The van der Waals surface area contributed by atoms with Crippen molar-refractivity contribution in [2.75, 3.05) is 6.61 Å². The highest BCUT2D eigenvalue weighted by Crippen LogP contribution is 2.28. The third kappa shape index (κ3) is 4.53. The van der Waals surface area contributed by atoms with Crippen LogP contribution in [0.3, 0.4) is 0 Å². The van der Waals surface area contributed by atoms with Gasteiger partial charge in [0, 0.05) is 18.4 Å². The van der Waals surface area contributed by atoms with Gasteiger partial charge in [0.2, 0.25) is 0 Å². The molecule has 0 fully saturated rings. The first kappa shape index (κ1) is 19.3. The van der Waals surface area contributed by atoms with Crippen molar-refractivity contribution in [1.29, 1.82) is 0 Å². The zero-order valence-electron chi connectivity index (χ0n) is 16.1. The minimum absolute atomic E-state index is 0.255. The molecule has 0 spiro atoms. The largest absolute Gasteiger partial charge is 0.493 e. The smallest absolute Gasteiger partial charge is 0.166 e. The highest BCUT2D eigenvalue weighted by molar-refractivity contribution is 5.99. The van der Waals surface area contributed by atoms with Crippen LogP contribution in [-0.4, -0.2) is 12.4 Å². The predicted octanol–water partition coefficient (Wildman–Crippen LogP) is 5.70. The van der Waals surface area contributed by atoms with Crippen LogP contribution in [0.2, 0.25) is 0 Å². The van der Waals surface area contributed by atoms with Crippen molar-refractivity contribution >= 4 is 5.78 Å². The Bertz CT molecular complexity index is 712. The van der Waals surface area contributed by atoms with Crippen LogP contribution in [0.15, 0.2) is 28.7 Å². The van der Waals surface area contributed by atoms with Gasteiger partial charge in [-0.2, -0.15) is 0 Å². The van der Waals surface area contributed by atoms with Crippen LogP contribution in [0.1, 0.15) is 66.6 Å². The lowest BCUT2D eigenvalue weighted by Crippen LogP contribution is -2.17. The van der Waals surface area contributed by atoms with E-state index in [1.54, 1.807) is 0 Å². The van der Waals surface area contributed by atoms with E-state index in [0.29, 0.717) is 12.3 Å². The third-order valence-corrected chi connectivity index (χ3v) is 4.61. The first-order chi connectivity index (χ1) is 12.1. The van der Waals surface area contributed by atoms with Crippen LogP contribution >= 0.6 is 0 Å². The molecule has 0 N–H and O–H groups in total. The summed E-state index contributed by atoms with van der Waals surface area (Å²) in [5, 5.41) is 0. The Hall–Kier alpha value is -2.03. The summed E-state index contributed by atoms with van der Waals surface area (Å²) in [5.74, 6) is 3.80. The molecule has 3 nitrogen and oxygen atoms in total. The number of ether oxygens (including phenoxy) is 1. The number of carbonyl (C=O) groups excluding carboxylic acids is 1. The van der Waals surface area contributed by atoms with Crippen molar-refractivity contribution in [1.82, 2.24) is 0 Å². The van der Waals surface area contributed by atoms with Crippen molar-refractivity contribution in [3.8, 4) is 5.75 Å². The van der Waals surface area contributed by atoms with E-state index >= 15 is 0 Å². The van der Waals surface area contributed by atoms with E-state index in [-0.39, 0.29) is 5.78 Å². The number of hydrogen-bond acceptors (Lipinski definition) is 3. The van der Waals surface area contributed by atoms with Crippen molar-refractivity contribution in [2.45, 2.75) is 60.3 Å². The molecule has 1 aliphatic carbocycles. The fraction of sp³-hybridized carbons (Fsp3) is 0.500. The summed E-state index contributed by atoms with van der Waals surface area (Å²) >= 11 is 0. The molecule has 0 saturated heterocycles. The number of furan rings is 1. The number of fused-ring (bicyclic) bond motifs is 2. The second-order valence-corrected chi connectivity index (χ2v) is 6.59. The molecule has 25 heavy (non-hydrogen) atoms. The number of para-hydroxylation sites is 1. The van der Waals surface area contributed by atoms with Gasteiger partial charge in [0.1, 0.15) is 17.3 Å². The molecular weight excluding hydrogens is 312 g/mol. The molecule has 2 aliphatic rings. The van der Waals surface area contributed by atoms with E-state index in [9.17, 15) is 4.79 Å². The maximum absolute atomic E-state index is 11.5. The molecule has 1 aromatic heterocycles. The van der Waals surface area contributed by atoms with E-state index < -0.39 is 0 Å². The summed E-state index contributed by atoms with van der Waals surface area (Å²) < 4.78 is 11.0. The van der Waals surface area contributed by atoms with Gasteiger partial charge in [0.15, 0.2) is 5.78 Å². The van der Waals surface area contributed by atoms with Crippen molar-refractivity contribution in [3.63, 3.8) is 0 Å². The molecule has 3 heteroatoms. The van der Waals surface area contributed by atoms with E-state index in [1.165, 1.54) is 5.56 Å². The van der Waals surface area contributed by atoms with Gasteiger partial charge in [-0.15, -0.1) is 0 Å². The van der Waals surface area contributed by atoms with Crippen LogP contribution in [0, 0.1) is 19.8 Å². The van der Waals surface area contributed by atoms with Gasteiger partial charge >= 0.3 is 0 Å². The third-order valence-electron chi connectivity index (χ3n) is 4.61. The summed E-state index contributed by atoms with van der Waals surface area (Å²) in [6, 6.07) is 8.28. The van der Waals surface area contributed by atoms with Crippen LogP contribution in [-0.2, 0) is 12.8 Å². The fourth-order valence-corrected chi connectivity index (χ4v) is 3.25. The van der Waals surface area contributed by atoms with Crippen molar-refractivity contribution < 1.29 is 13.9 Å².